The maximum absolute atomic E-state index is 11.5. The number of carbonyl (C=O) groups excluding carboxylic acids is 1. The number of ether oxygens (including phenoxy) is 1. The number of hydrogen-bond donors (Lipinski definition) is 0. The SMILES string of the molecule is CC(C)Oc1ccc(N2CCC3(CCC(=O)CC3)C2=S)cc1. The summed E-state index contributed by atoms with van der Waals surface area (Å²) in [6.45, 7) is 5.01. The largest absolute Gasteiger partial charge is 0.491 e. The molecule has 0 atom stereocenters. The standard InChI is InChI=1S/C18H23NO2S/c1-13(2)21-16-5-3-14(4-6-16)19-12-11-18(17(19)22)9-7-15(20)8-10-18/h3-6,13H,7-12H2,1-2H3. The molecule has 3 rings (SSSR count). The first-order valence-corrected chi connectivity index (χ1v) is 8.51. The van der Waals surface area contributed by atoms with Gasteiger partial charge in [0.05, 0.1) is 11.1 Å². The molecule has 4 heteroatoms. The lowest BCUT2D eigenvalue weighted by Crippen LogP contribution is -2.36. The molecule has 0 unspecified atom stereocenters. The van der Waals surface area contributed by atoms with Crippen LogP contribution >= 0.6 is 12.2 Å². The molecule has 1 saturated carbocycles. The third kappa shape index (κ3) is 2.89. The molecule has 1 heterocycles. The van der Waals surface area contributed by atoms with Crippen LogP contribution in [0.2, 0.25) is 0 Å². The van der Waals surface area contributed by atoms with E-state index in [2.05, 4.69) is 17.0 Å². The van der Waals surface area contributed by atoms with Crippen molar-refractivity contribution in [2.45, 2.75) is 52.1 Å². The number of hydrogen-bond acceptors (Lipinski definition) is 3. The van der Waals surface area contributed by atoms with E-state index in [1.165, 1.54) is 0 Å². The molecule has 1 aliphatic heterocycles. The molecule has 0 bridgehead atoms. The Morgan fingerprint density at radius 1 is 1.14 bits per heavy atom. The van der Waals surface area contributed by atoms with Crippen LogP contribution in [0.1, 0.15) is 46.0 Å². The van der Waals surface area contributed by atoms with Gasteiger partial charge in [0.1, 0.15) is 11.5 Å². The van der Waals surface area contributed by atoms with Gasteiger partial charge in [0.25, 0.3) is 0 Å². The maximum Gasteiger partial charge on any atom is 0.132 e. The Morgan fingerprint density at radius 2 is 1.77 bits per heavy atom. The third-order valence-corrected chi connectivity index (χ3v) is 5.45. The smallest absolute Gasteiger partial charge is 0.132 e. The number of Topliss-reactive ketones (excluding diaryl/α,β-unsaturated/α-hetero) is 1. The van der Waals surface area contributed by atoms with Crippen molar-refractivity contribution >= 4 is 28.7 Å². The fourth-order valence-corrected chi connectivity index (χ4v) is 4.02. The van der Waals surface area contributed by atoms with Crippen LogP contribution in [0.3, 0.4) is 0 Å². The second kappa shape index (κ2) is 5.99. The Bertz CT molecular complexity index is 569. The number of thiocarbonyl (C=S) groups is 1. The molecule has 1 aromatic carbocycles. The van der Waals surface area contributed by atoms with E-state index in [0.29, 0.717) is 18.6 Å². The van der Waals surface area contributed by atoms with Crippen LogP contribution in [-0.4, -0.2) is 23.4 Å². The Hall–Kier alpha value is -1.42. The summed E-state index contributed by atoms with van der Waals surface area (Å²) in [5.41, 5.74) is 1.21. The summed E-state index contributed by atoms with van der Waals surface area (Å²) >= 11 is 5.78. The molecular formula is C18H23NO2S. The van der Waals surface area contributed by atoms with Crippen molar-refractivity contribution in [2.75, 3.05) is 11.4 Å². The van der Waals surface area contributed by atoms with E-state index in [1.54, 1.807) is 0 Å². The van der Waals surface area contributed by atoms with Crippen molar-refractivity contribution in [3.8, 4) is 5.75 Å². The topological polar surface area (TPSA) is 29.5 Å². The van der Waals surface area contributed by atoms with Gasteiger partial charge in [-0.15, -0.1) is 0 Å². The lowest BCUT2D eigenvalue weighted by molar-refractivity contribution is -0.121. The van der Waals surface area contributed by atoms with Gasteiger partial charge >= 0.3 is 0 Å². The van der Waals surface area contributed by atoms with Gasteiger partial charge in [0.2, 0.25) is 0 Å². The highest BCUT2D eigenvalue weighted by Gasteiger charge is 2.45. The van der Waals surface area contributed by atoms with Gasteiger partial charge in [-0.05, 0) is 57.4 Å². The molecule has 2 fully saturated rings. The molecule has 2 aliphatic rings. The second-order valence-corrected chi connectivity index (χ2v) is 7.07. The van der Waals surface area contributed by atoms with Crippen LogP contribution < -0.4 is 9.64 Å². The monoisotopic (exact) mass is 317 g/mol. The number of nitrogens with zero attached hydrogens (tertiary/aromatic N) is 1. The molecule has 1 aromatic rings. The molecule has 22 heavy (non-hydrogen) atoms. The van der Waals surface area contributed by atoms with Gasteiger partial charge < -0.3 is 9.64 Å². The highest BCUT2D eigenvalue weighted by atomic mass is 32.1. The van der Waals surface area contributed by atoms with E-state index in [4.69, 9.17) is 17.0 Å². The van der Waals surface area contributed by atoms with Gasteiger partial charge in [-0.1, -0.05) is 12.2 Å². The first kappa shape index (κ1) is 15.5. The van der Waals surface area contributed by atoms with Gasteiger partial charge in [-0.2, -0.15) is 0 Å². The van der Waals surface area contributed by atoms with Crippen LogP contribution in [0.4, 0.5) is 5.69 Å². The molecule has 3 nitrogen and oxygen atoms in total. The summed E-state index contributed by atoms with van der Waals surface area (Å²) in [5, 5.41) is 0. The Morgan fingerprint density at radius 3 is 2.36 bits per heavy atom. The van der Waals surface area contributed by atoms with Crippen molar-refractivity contribution in [2.24, 2.45) is 5.41 Å². The van der Waals surface area contributed by atoms with Crippen LogP contribution in [0.5, 0.6) is 5.75 Å². The zero-order chi connectivity index (χ0) is 15.7. The first-order chi connectivity index (χ1) is 10.5. The minimum absolute atomic E-state index is 0.0797. The fraction of sp³-hybridized carbons (Fsp3) is 0.556. The lowest BCUT2D eigenvalue weighted by Gasteiger charge is -2.33. The summed E-state index contributed by atoms with van der Waals surface area (Å²) in [6, 6.07) is 8.18. The molecule has 0 amide bonds. The predicted molar refractivity (Wildman–Crippen MR) is 92.7 cm³/mol. The zero-order valence-electron chi connectivity index (χ0n) is 13.3. The van der Waals surface area contributed by atoms with Crippen molar-refractivity contribution < 1.29 is 9.53 Å². The molecular weight excluding hydrogens is 294 g/mol. The summed E-state index contributed by atoms with van der Waals surface area (Å²) in [4.78, 5) is 14.8. The van der Waals surface area contributed by atoms with Crippen LogP contribution in [0, 0.1) is 5.41 Å². The van der Waals surface area contributed by atoms with Crippen molar-refractivity contribution in [1.29, 1.82) is 0 Å². The highest BCUT2D eigenvalue weighted by Crippen LogP contribution is 2.46. The molecule has 1 aliphatic carbocycles. The fourth-order valence-electron chi connectivity index (χ4n) is 3.52. The zero-order valence-corrected chi connectivity index (χ0v) is 14.1. The van der Waals surface area contributed by atoms with E-state index in [9.17, 15) is 4.79 Å². The number of rotatable bonds is 3. The van der Waals surface area contributed by atoms with Gasteiger partial charge in [0, 0.05) is 30.5 Å². The summed E-state index contributed by atoms with van der Waals surface area (Å²) in [7, 11) is 0. The maximum atomic E-state index is 11.5. The van der Waals surface area contributed by atoms with Crippen molar-refractivity contribution in [1.82, 2.24) is 0 Å². The normalized spacial score (nSPS) is 21.0. The van der Waals surface area contributed by atoms with E-state index >= 15 is 0 Å². The van der Waals surface area contributed by atoms with Crippen LogP contribution in [-0.2, 0) is 4.79 Å². The predicted octanol–water partition coefficient (Wildman–Crippen LogP) is 4.14. The molecule has 1 saturated heterocycles. The number of carbonyl (C=O) groups is 1. The average molecular weight is 317 g/mol. The summed E-state index contributed by atoms with van der Waals surface area (Å²) < 4.78 is 5.69. The second-order valence-electron chi connectivity index (χ2n) is 6.69. The number of benzene rings is 1. The van der Waals surface area contributed by atoms with Crippen LogP contribution in [0.25, 0.3) is 0 Å². The Labute approximate surface area is 137 Å². The minimum atomic E-state index is 0.0797. The molecule has 0 radical (unpaired) electrons. The first-order valence-electron chi connectivity index (χ1n) is 8.11. The average Bonchev–Trinajstić information content (AvgIpc) is 2.80. The van der Waals surface area contributed by atoms with E-state index in [-0.39, 0.29) is 11.5 Å². The van der Waals surface area contributed by atoms with E-state index in [1.807, 2.05) is 26.0 Å². The Kier molecular flexibility index (Phi) is 4.22. The highest BCUT2D eigenvalue weighted by molar-refractivity contribution is 7.80. The van der Waals surface area contributed by atoms with Crippen molar-refractivity contribution in [3.05, 3.63) is 24.3 Å². The quantitative estimate of drug-likeness (QED) is 0.784. The molecule has 118 valence electrons. The van der Waals surface area contributed by atoms with Gasteiger partial charge in [-0.25, -0.2) is 0 Å². The van der Waals surface area contributed by atoms with Crippen molar-refractivity contribution in [3.63, 3.8) is 0 Å². The summed E-state index contributed by atoms with van der Waals surface area (Å²) in [5.74, 6) is 1.28. The third-order valence-electron chi connectivity index (χ3n) is 4.80. The number of anilines is 1. The Balaban J connectivity index is 1.73. The number of ketones is 1. The van der Waals surface area contributed by atoms with Crippen LogP contribution in [0.15, 0.2) is 24.3 Å². The van der Waals surface area contributed by atoms with E-state index in [0.717, 1.165) is 42.2 Å². The molecule has 0 aromatic heterocycles. The summed E-state index contributed by atoms with van der Waals surface area (Å²) in [6.07, 6.45) is 4.49. The molecule has 1 spiro atoms. The lowest BCUT2D eigenvalue weighted by atomic mass is 9.73. The van der Waals surface area contributed by atoms with Gasteiger partial charge in [0.15, 0.2) is 0 Å². The van der Waals surface area contributed by atoms with E-state index < -0.39 is 0 Å². The molecule has 0 N–H and O–H groups in total. The van der Waals surface area contributed by atoms with Gasteiger partial charge in [-0.3, -0.25) is 4.79 Å². The minimum Gasteiger partial charge on any atom is -0.491 e.